The molecular weight excluding hydrogens is 276 g/mol. The molecule has 0 radical (unpaired) electrons. The Balaban J connectivity index is 2.18. The molecule has 0 spiro atoms. The molecule has 0 aromatic rings. The highest BCUT2D eigenvalue weighted by atomic mass is 32.2. The fourth-order valence-corrected chi connectivity index (χ4v) is 5.33. The predicted octanol–water partition coefficient (Wildman–Crippen LogP) is 1.59. The molecule has 1 aliphatic carbocycles. The van der Waals surface area contributed by atoms with Crippen LogP contribution in [0, 0.1) is 5.92 Å². The van der Waals surface area contributed by atoms with E-state index < -0.39 is 10.2 Å². The molecule has 0 aromatic carbocycles. The van der Waals surface area contributed by atoms with Gasteiger partial charge in [-0.25, -0.2) is 0 Å². The summed E-state index contributed by atoms with van der Waals surface area (Å²) in [6.45, 7) is 4.36. The van der Waals surface area contributed by atoms with Crippen LogP contribution in [0.15, 0.2) is 0 Å². The molecule has 5 nitrogen and oxygen atoms in total. The van der Waals surface area contributed by atoms with Gasteiger partial charge in [0.15, 0.2) is 0 Å². The molecule has 20 heavy (non-hydrogen) atoms. The number of hydrogen-bond acceptors (Lipinski definition) is 3. The van der Waals surface area contributed by atoms with Crippen LogP contribution in [-0.4, -0.2) is 53.9 Å². The zero-order valence-electron chi connectivity index (χ0n) is 12.8. The molecule has 1 heterocycles. The number of aliphatic hydroxyl groups excluding tert-OH is 1. The zero-order chi connectivity index (χ0) is 14.9. The summed E-state index contributed by atoms with van der Waals surface area (Å²) in [4.78, 5) is 0. The average Bonchev–Trinajstić information content (AvgIpc) is 2.88. The second kappa shape index (κ2) is 6.30. The first-order chi connectivity index (χ1) is 9.35. The maximum absolute atomic E-state index is 12.7. The van der Waals surface area contributed by atoms with E-state index in [1.807, 2.05) is 13.8 Å². The van der Waals surface area contributed by atoms with Gasteiger partial charge in [0, 0.05) is 31.6 Å². The molecule has 0 bridgehead atoms. The topological polar surface area (TPSA) is 60.9 Å². The van der Waals surface area contributed by atoms with Crippen LogP contribution in [0.1, 0.15) is 52.4 Å². The van der Waals surface area contributed by atoms with Gasteiger partial charge in [0.05, 0.1) is 6.10 Å². The van der Waals surface area contributed by atoms with Crippen molar-refractivity contribution < 1.29 is 13.5 Å². The number of aliphatic hydroxyl groups is 1. The van der Waals surface area contributed by atoms with E-state index in [0.717, 1.165) is 38.5 Å². The lowest BCUT2D eigenvalue weighted by Crippen LogP contribution is -2.51. The molecule has 0 aromatic heterocycles. The molecule has 1 saturated heterocycles. The van der Waals surface area contributed by atoms with Gasteiger partial charge in [-0.2, -0.15) is 17.0 Å². The lowest BCUT2D eigenvalue weighted by atomic mass is 9.81. The van der Waals surface area contributed by atoms with Crippen molar-refractivity contribution in [3.8, 4) is 0 Å². The largest absolute Gasteiger partial charge is 0.393 e. The van der Waals surface area contributed by atoms with Crippen molar-refractivity contribution in [3.05, 3.63) is 0 Å². The van der Waals surface area contributed by atoms with Gasteiger partial charge in [0.2, 0.25) is 0 Å². The van der Waals surface area contributed by atoms with E-state index in [1.54, 1.807) is 11.4 Å². The number of nitrogens with zero attached hydrogens (tertiary/aromatic N) is 2. The predicted molar refractivity (Wildman–Crippen MR) is 79.5 cm³/mol. The summed E-state index contributed by atoms with van der Waals surface area (Å²) in [6.07, 6.45) is 5.37. The standard InChI is InChI=1S/C14H28N2O3S/c1-11(2)15(3)20(18,19)16-10-6-8-13(16)12-7-4-5-9-14(12)17/h11-14,17H,4-10H2,1-3H3. The van der Waals surface area contributed by atoms with Gasteiger partial charge in [-0.3, -0.25) is 0 Å². The summed E-state index contributed by atoms with van der Waals surface area (Å²) in [5.41, 5.74) is 0. The number of hydrogen-bond donors (Lipinski definition) is 1. The van der Waals surface area contributed by atoms with Crippen molar-refractivity contribution in [1.82, 2.24) is 8.61 Å². The first kappa shape index (κ1) is 16.2. The second-order valence-corrected chi connectivity index (χ2v) is 8.39. The molecule has 2 fully saturated rings. The van der Waals surface area contributed by atoms with Gasteiger partial charge in [-0.05, 0) is 39.5 Å². The van der Waals surface area contributed by atoms with Crippen LogP contribution in [0.25, 0.3) is 0 Å². The van der Waals surface area contributed by atoms with E-state index in [0.29, 0.717) is 6.54 Å². The maximum Gasteiger partial charge on any atom is 0.282 e. The number of rotatable bonds is 4. The van der Waals surface area contributed by atoms with Crippen LogP contribution < -0.4 is 0 Å². The Morgan fingerprint density at radius 3 is 2.40 bits per heavy atom. The molecule has 2 rings (SSSR count). The Morgan fingerprint density at radius 2 is 1.80 bits per heavy atom. The van der Waals surface area contributed by atoms with Crippen molar-refractivity contribution in [2.45, 2.75) is 70.6 Å². The Kier molecular flexibility index (Phi) is 5.10. The summed E-state index contributed by atoms with van der Waals surface area (Å²) in [6, 6.07) is -0.0611. The highest BCUT2D eigenvalue weighted by Crippen LogP contribution is 2.36. The second-order valence-electron chi connectivity index (χ2n) is 6.45. The van der Waals surface area contributed by atoms with Crippen LogP contribution in [-0.2, 0) is 10.2 Å². The molecule has 1 N–H and O–H groups in total. The first-order valence-electron chi connectivity index (χ1n) is 7.78. The van der Waals surface area contributed by atoms with Gasteiger partial charge in [-0.1, -0.05) is 12.8 Å². The van der Waals surface area contributed by atoms with Crippen LogP contribution in [0.2, 0.25) is 0 Å². The van der Waals surface area contributed by atoms with E-state index >= 15 is 0 Å². The third kappa shape index (κ3) is 3.03. The van der Waals surface area contributed by atoms with Gasteiger partial charge in [0.1, 0.15) is 0 Å². The molecule has 6 heteroatoms. The third-order valence-corrected chi connectivity index (χ3v) is 7.11. The maximum atomic E-state index is 12.7. The Bertz CT molecular complexity index is 424. The van der Waals surface area contributed by atoms with Gasteiger partial charge >= 0.3 is 0 Å². The van der Waals surface area contributed by atoms with Gasteiger partial charge in [0.25, 0.3) is 10.2 Å². The summed E-state index contributed by atoms with van der Waals surface area (Å²) in [5.74, 6) is 0.113. The molecule has 3 unspecified atom stereocenters. The summed E-state index contributed by atoms with van der Waals surface area (Å²) in [5, 5.41) is 10.2. The minimum Gasteiger partial charge on any atom is -0.393 e. The van der Waals surface area contributed by atoms with Crippen molar-refractivity contribution in [2.24, 2.45) is 5.92 Å². The van der Waals surface area contributed by atoms with E-state index in [9.17, 15) is 13.5 Å². The summed E-state index contributed by atoms with van der Waals surface area (Å²) >= 11 is 0. The SMILES string of the molecule is CC(C)N(C)S(=O)(=O)N1CCCC1C1CCCCC1O. The minimum atomic E-state index is -3.40. The van der Waals surface area contributed by atoms with Crippen molar-refractivity contribution >= 4 is 10.2 Å². The summed E-state index contributed by atoms with van der Waals surface area (Å²) < 4.78 is 28.5. The smallest absolute Gasteiger partial charge is 0.282 e. The fraction of sp³-hybridized carbons (Fsp3) is 1.00. The van der Waals surface area contributed by atoms with Crippen molar-refractivity contribution in [3.63, 3.8) is 0 Å². The van der Waals surface area contributed by atoms with Gasteiger partial charge in [-0.15, -0.1) is 0 Å². The normalized spacial score (nSPS) is 33.2. The van der Waals surface area contributed by atoms with E-state index in [-0.39, 0.29) is 24.1 Å². The Hall–Kier alpha value is -0.170. The molecule has 118 valence electrons. The van der Waals surface area contributed by atoms with Crippen molar-refractivity contribution in [1.29, 1.82) is 0 Å². The lowest BCUT2D eigenvalue weighted by Gasteiger charge is -2.38. The Morgan fingerprint density at radius 1 is 1.15 bits per heavy atom. The van der Waals surface area contributed by atoms with Crippen LogP contribution in [0.3, 0.4) is 0 Å². The molecule has 1 aliphatic heterocycles. The van der Waals surface area contributed by atoms with E-state index in [4.69, 9.17) is 0 Å². The van der Waals surface area contributed by atoms with Gasteiger partial charge < -0.3 is 5.11 Å². The Labute approximate surface area is 123 Å². The monoisotopic (exact) mass is 304 g/mol. The lowest BCUT2D eigenvalue weighted by molar-refractivity contribution is 0.0376. The highest BCUT2D eigenvalue weighted by Gasteiger charge is 2.43. The van der Waals surface area contributed by atoms with Crippen LogP contribution >= 0.6 is 0 Å². The van der Waals surface area contributed by atoms with Crippen LogP contribution in [0.4, 0.5) is 0 Å². The molecule has 3 atom stereocenters. The molecule has 1 saturated carbocycles. The van der Waals surface area contributed by atoms with E-state index in [2.05, 4.69) is 0 Å². The first-order valence-corrected chi connectivity index (χ1v) is 9.18. The average molecular weight is 304 g/mol. The molecule has 0 amide bonds. The van der Waals surface area contributed by atoms with Crippen molar-refractivity contribution in [2.75, 3.05) is 13.6 Å². The summed E-state index contributed by atoms with van der Waals surface area (Å²) in [7, 11) is -1.76. The van der Waals surface area contributed by atoms with E-state index in [1.165, 1.54) is 4.31 Å². The molecular formula is C14H28N2O3S. The third-order valence-electron chi connectivity index (χ3n) is 4.91. The van der Waals surface area contributed by atoms with Crippen LogP contribution in [0.5, 0.6) is 0 Å². The minimum absolute atomic E-state index is 0.0171. The molecule has 2 aliphatic rings. The fourth-order valence-electron chi connectivity index (χ4n) is 3.50. The zero-order valence-corrected chi connectivity index (χ0v) is 13.6. The highest BCUT2D eigenvalue weighted by molar-refractivity contribution is 7.86. The quantitative estimate of drug-likeness (QED) is 0.858.